The van der Waals surface area contributed by atoms with Gasteiger partial charge in [0.1, 0.15) is 0 Å². The lowest BCUT2D eigenvalue weighted by molar-refractivity contribution is -0.121. The Bertz CT molecular complexity index is 515. The molecule has 0 aliphatic carbocycles. The molecular weight excluding hydrogens is 361 g/mol. The third-order valence-corrected chi connectivity index (χ3v) is 4.04. The number of ether oxygens (including phenoxy) is 1. The van der Waals surface area contributed by atoms with Crippen molar-refractivity contribution in [1.82, 2.24) is 10.2 Å². The van der Waals surface area contributed by atoms with Crippen molar-refractivity contribution in [3.05, 3.63) is 35.4 Å². The number of amides is 1. The minimum absolute atomic E-state index is 0. The highest BCUT2D eigenvalue weighted by atomic mass is 35.5. The van der Waals surface area contributed by atoms with Crippen LogP contribution >= 0.6 is 24.8 Å². The Labute approximate surface area is 163 Å². The van der Waals surface area contributed by atoms with E-state index < -0.39 is 0 Å². The van der Waals surface area contributed by atoms with Crippen molar-refractivity contribution >= 4 is 30.7 Å². The van der Waals surface area contributed by atoms with Gasteiger partial charge in [-0.25, -0.2) is 0 Å². The predicted molar refractivity (Wildman–Crippen MR) is 106 cm³/mol. The van der Waals surface area contributed by atoms with Crippen molar-refractivity contribution in [1.29, 1.82) is 0 Å². The van der Waals surface area contributed by atoms with Crippen molar-refractivity contribution < 1.29 is 9.53 Å². The largest absolute Gasteiger partial charge is 0.376 e. The van der Waals surface area contributed by atoms with E-state index in [9.17, 15) is 4.79 Å². The zero-order valence-corrected chi connectivity index (χ0v) is 16.7. The number of benzene rings is 1. The summed E-state index contributed by atoms with van der Waals surface area (Å²) >= 11 is 0. The second kappa shape index (κ2) is 12.5. The summed E-state index contributed by atoms with van der Waals surface area (Å²) in [5.74, 6) is 0.0645. The number of hydrogen-bond acceptors (Lipinski definition) is 4. The minimum Gasteiger partial charge on any atom is -0.376 e. The molecule has 5 nitrogen and oxygen atoms in total. The maximum Gasteiger partial charge on any atom is 0.220 e. The number of hydrogen-bond donors (Lipinski definition) is 2. The molecule has 1 aromatic rings. The van der Waals surface area contributed by atoms with E-state index in [2.05, 4.69) is 41.4 Å². The molecule has 1 aromatic carbocycles. The molecule has 3 N–H and O–H groups in total. The molecule has 1 aliphatic heterocycles. The summed E-state index contributed by atoms with van der Waals surface area (Å²) in [6, 6.07) is 8.49. The molecule has 2 unspecified atom stereocenters. The molecule has 144 valence electrons. The number of halogens is 2. The van der Waals surface area contributed by atoms with Crippen LogP contribution in [-0.2, 0) is 22.6 Å². The first-order chi connectivity index (χ1) is 11.0. The van der Waals surface area contributed by atoms with Crippen LogP contribution in [0.2, 0.25) is 0 Å². The van der Waals surface area contributed by atoms with E-state index in [4.69, 9.17) is 10.5 Å². The van der Waals surface area contributed by atoms with Crippen molar-refractivity contribution in [2.75, 3.05) is 19.7 Å². The van der Waals surface area contributed by atoms with Gasteiger partial charge in [-0.15, -0.1) is 24.8 Å². The van der Waals surface area contributed by atoms with E-state index in [0.29, 0.717) is 19.1 Å². The Morgan fingerprint density at radius 2 is 2.12 bits per heavy atom. The molecule has 0 saturated carbocycles. The summed E-state index contributed by atoms with van der Waals surface area (Å²) in [6.45, 7) is 8.28. The van der Waals surface area contributed by atoms with Gasteiger partial charge in [-0.1, -0.05) is 24.3 Å². The zero-order chi connectivity index (χ0) is 16.7. The van der Waals surface area contributed by atoms with Crippen molar-refractivity contribution in [2.24, 2.45) is 5.73 Å². The Morgan fingerprint density at radius 1 is 1.40 bits per heavy atom. The van der Waals surface area contributed by atoms with Gasteiger partial charge in [-0.3, -0.25) is 9.69 Å². The monoisotopic (exact) mass is 391 g/mol. The lowest BCUT2D eigenvalue weighted by atomic mass is 10.1. The molecule has 1 aliphatic rings. The zero-order valence-electron chi connectivity index (χ0n) is 15.1. The summed E-state index contributed by atoms with van der Waals surface area (Å²) < 4.78 is 5.58. The van der Waals surface area contributed by atoms with Gasteiger partial charge in [0.15, 0.2) is 0 Å². The first kappa shape index (κ1) is 24.1. The van der Waals surface area contributed by atoms with Crippen molar-refractivity contribution in [3.8, 4) is 0 Å². The fraction of sp³-hybridized carbons (Fsp3) is 0.611. The SMILES string of the molecule is CC(N)CCC(=O)NCc1cccc(CN2CCOC(C)C2)c1.Cl.Cl. The first-order valence-corrected chi connectivity index (χ1v) is 8.47. The third-order valence-electron chi connectivity index (χ3n) is 4.04. The van der Waals surface area contributed by atoms with Crippen LogP contribution in [0.3, 0.4) is 0 Å². The molecule has 2 rings (SSSR count). The maximum absolute atomic E-state index is 11.8. The lowest BCUT2D eigenvalue weighted by Crippen LogP contribution is -2.40. The minimum atomic E-state index is 0. The van der Waals surface area contributed by atoms with Crippen LogP contribution in [0.4, 0.5) is 0 Å². The average Bonchev–Trinajstić information content (AvgIpc) is 2.51. The van der Waals surface area contributed by atoms with Gasteiger partial charge in [0, 0.05) is 38.6 Å². The molecule has 1 heterocycles. The molecule has 1 fully saturated rings. The van der Waals surface area contributed by atoms with Crippen LogP contribution in [0.15, 0.2) is 24.3 Å². The van der Waals surface area contributed by atoms with Crippen LogP contribution in [0.1, 0.15) is 37.8 Å². The smallest absolute Gasteiger partial charge is 0.220 e. The van der Waals surface area contributed by atoms with Crippen LogP contribution in [0.5, 0.6) is 0 Å². The number of nitrogens with one attached hydrogen (secondary N) is 1. The molecule has 0 bridgehead atoms. The van der Waals surface area contributed by atoms with Crippen LogP contribution < -0.4 is 11.1 Å². The van der Waals surface area contributed by atoms with Crippen molar-refractivity contribution in [3.63, 3.8) is 0 Å². The molecular formula is C18H31Cl2N3O2. The number of nitrogens with two attached hydrogens (primary N) is 1. The number of nitrogens with zero attached hydrogens (tertiary/aromatic N) is 1. The summed E-state index contributed by atoms with van der Waals surface area (Å²) in [6.07, 6.45) is 1.51. The predicted octanol–water partition coefficient (Wildman–Crippen LogP) is 2.49. The Balaban J connectivity index is 0.00000288. The Morgan fingerprint density at radius 3 is 2.80 bits per heavy atom. The average molecular weight is 392 g/mol. The molecule has 1 amide bonds. The summed E-state index contributed by atoms with van der Waals surface area (Å²) in [7, 11) is 0. The van der Waals surface area contributed by atoms with Crippen LogP contribution in [-0.4, -0.2) is 42.6 Å². The second-order valence-electron chi connectivity index (χ2n) is 6.53. The number of carbonyl (C=O) groups excluding carboxylic acids is 1. The van der Waals surface area contributed by atoms with Gasteiger partial charge < -0.3 is 15.8 Å². The van der Waals surface area contributed by atoms with Gasteiger partial charge >= 0.3 is 0 Å². The van der Waals surface area contributed by atoms with E-state index in [1.54, 1.807) is 0 Å². The first-order valence-electron chi connectivity index (χ1n) is 8.47. The van der Waals surface area contributed by atoms with E-state index in [1.165, 1.54) is 5.56 Å². The number of morpholine rings is 1. The highest BCUT2D eigenvalue weighted by Gasteiger charge is 2.16. The summed E-state index contributed by atoms with van der Waals surface area (Å²) in [4.78, 5) is 14.2. The topological polar surface area (TPSA) is 67.6 Å². The summed E-state index contributed by atoms with van der Waals surface area (Å²) in [5, 5.41) is 2.96. The normalized spacial score (nSPS) is 18.6. The number of carbonyl (C=O) groups is 1. The van der Waals surface area contributed by atoms with E-state index in [1.807, 2.05) is 6.92 Å². The second-order valence-corrected chi connectivity index (χ2v) is 6.53. The molecule has 25 heavy (non-hydrogen) atoms. The van der Waals surface area contributed by atoms with E-state index in [-0.39, 0.29) is 36.8 Å². The van der Waals surface area contributed by atoms with Crippen LogP contribution in [0.25, 0.3) is 0 Å². The lowest BCUT2D eigenvalue weighted by Gasteiger charge is -2.31. The molecule has 0 aromatic heterocycles. The number of rotatable bonds is 7. The van der Waals surface area contributed by atoms with Crippen molar-refractivity contribution in [2.45, 2.75) is 51.9 Å². The Kier molecular flexibility index (Phi) is 12.1. The molecule has 1 saturated heterocycles. The maximum atomic E-state index is 11.8. The van der Waals surface area contributed by atoms with Gasteiger partial charge in [0.2, 0.25) is 5.91 Å². The molecule has 2 atom stereocenters. The van der Waals surface area contributed by atoms with Gasteiger partial charge in [0.05, 0.1) is 12.7 Å². The molecule has 7 heteroatoms. The molecule has 0 radical (unpaired) electrons. The Hall–Kier alpha value is -0.850. The van der Waals surface area contributed by atoms with E-state index >= 15 is 0 Å². The highest BCUT2D eigenvalue weighted by Crippen LogP contribution is 2.12. The van der Waals surface area contributed by atoms with Gasteiger partial charge in [-0.2, -0.15) is 0 Å². The third kappa shape index (κ3) is 9.42. The summed E-state index contributed by atoms with van der Waals surface area (Å²) in [5.41, 5.74) is 8.09. The highest BCUT2D eigenvalue weighted by molar-refractivity contribution is 5.85. The standard InChI is InChI=1S/C18H29N3O2.2ClH/c1-14(19)6-7-18(22)20-11-16-4-3-5-17(10-16)13-21-8-9-23-15(2)12-21;;/h3-5,10,14-15H,6-9,11-13,19H2,1-2H3,(H,20,22);2*1H. The molecule has 0 spiro atoms. The van der Waals surface area contributed by atoms with Gasteiger partial charge in [0.25, 0.3) is 0 Å². The quantitative estimate of drug-likeness (QED) is 0.748. The fourth-order valence-electron chi connectivity index (χ4n) is 2.78. The van der Waals surface area contributed by atoms with Gasteiger partial charge in [-0.05, 0) is 31.4 Å². The van der Waals surface area contributed by atoms with Crippen LogP contribution in [0, 0.1) is 0 Å². The fourth-order valence-corrected chi connectivity index (χ4v) is 2.78. The van der Waals surface area contributed by atoms with E-state index in [0.717, 1.165) is 38.2 Å².